The van der Waals surface area contributed by atoms with Gasteiger partial charge >= 0.3 is 5.97 Å². The first kappa shape index (κ1) is 23.9. The van der Waals surface area contributed by atoms with Gasteiger partial charge in [-0.25, -0.2) is 4.79 Å². The highest BCUT2D eigenvalue weighted by Gasteiger charge is 2.15. The Kier molecular flexibility index (Phi) is 9.82. The van der Waals surface area contributed by atoms with Crippen LogP contribution in [0.3, 0.4) is 0 Å². The number of benzene rings is 2. The van der Waals surface area contributed by atoms with Crippen LogP contribution in [0.1, 0.15) is 66.8 Å². The van der Waals surface area contributed by atoms with Crippen molar-refractivity contribution in [1.82, 2.24) is 0 Å². The maximum absolute atomic E-state index is 11.6. The summed E-state index contributed by atoms with van der Waals surface area (Å²) in [5, 5.41) is 9.72. The van der Waals surface area contributed by atoms with E-state index >= 15 is 0 Å². The molecule has 3 nitrogen and oxygen atoms in total. The minimum atomic E-state index is -0.418. The zero-order chi connectivity index (χ0) is 21.9. The van der Waals surface area contributed by atoms with Crippen molar-refractivity contribution in [3.63, 3.8) is 0 Å². The Morgan fingerprint density at radius 3 is 2.27 bits per heavy atom. The number of hydrogen-bond donors (Lipinski definition) is 1. The van der Waals surface area contributed by atoms with Crippen molar-refractivity contribution in [3.8, 4) is 0 Å². The highest BCUT2D eigenvalue weighted by Crippen LogP contribution is 2.21. The molecule has 0 radical (unpaired) electrons. The quantitative estimate of drug-likeness (QED) is 0.278. The number of esters is 1. The van der Waals surface area contributed by atoms with E-state index < -0.39 is 5.97 Å². The molecule has 0 aliphatic carbocycles. The van der Waals surface area contributed by atoms with Crippen molar-refractivity contribution in [2.24, 2.45) is 0 Å². The van der Waals surface area contributed by atoms with E-state index in [1.54, 1.807) is 6.92 Å². The first-order valence-corrected chi connectivity index (χ1v) is 11.0. The maximum atomic E-state index is 11.6. The Labute approximate surface area is 181 Å². The van der Waals surface area contributed by atoms with Crippen LogP contribution in [0.25, 0.3) is 0 Å². The molecule has 2 aromatic rings. The number of ether oxygens (including phenoxy) is 1. The Morgan fingerprint density at radius 2 is 1.70 bits per heavy atom. The van der Waals surface area contributed by atoms with Crippen LogP contribution in [0.4, 0.5) is 0 Å². The molecule has 162 valence electrons. The summed E-state index contributed by atoms with van der Waals surface area (Å²) < 4.78 is 5.23. The van der Waals surface area contributed by atoms with E-state index in [4.69, 9.17) is 4.74 Å². The second-order valence-electron chi connectivity index (χ2n) is 8.22. The van der Waals surface area contributed by atoms with E-state index in [1.165, 1.54) is 47.9 Å². The lowest BCUT2D eigenvalue weighted by atomic mass is 9.93. The highest BCUT2D eigenvalue weighted by atomic mass is 16.5. The Balaban J connectivity index is 1.93. The van der Waals surface area contributed by atoms with E-state index in [0.29, 0.717) is 5.57 Å². The summed E-state index contributed by atoms with van der Waals surface area (Å²) in [6.45, 7) is 9.64. The van der Waals surface area contributed by atoms with Crippen molar-refractivity contribution in [2.75, 3.05) is 13.2 Å². The van der Waals surface area contributed by atoms with Crippen molar-refractivity contribution in [1.29, 1.82) is 0 Å². The summed E-state index contributed by atoms with van der Waals surface area (Å²) in [6, 6.07) is 15.3. The molecule has 3 heteroatoms. The molecule has 0 saturated heterocycles. The van der Waals surface area contributed by atoms with Gasteiger partial charge in [0.25, 0.3) is 0 Å². The molecule has 0 heterocycles. The molecular weight excluding hydrogens is 372 g/mol. The fraction of sp³-hybridized carbons (Fsp3) is 0.444. The zero-order valence-corrected chi connectivity index (χ0v) is 18.7. The third-order valence-corrected chi connectivity index (χ3v) is 5.60. The minimum absolute atomic E-state index is 0.0626. The molecule has 1 unspecified atom stereocenters. The van der Waals surface area contributed by atoms with Gasteiger partial charge in [0.2, 0.25) is 0 Å². The van der Waals surface area contributed by atoms with Crippen LogP contribution >= 0.6 is 0 Å². The molecule has 1 atom stereocenters. The molecule has 0 bridgehead atoms. The van der Waals surface area contributed by atoms with Gasteiger partial charge in [-0.2, -0.15) is 0 Å². The number of carbonyl (C=O) groups excluding carboxylic acids is 1. The molecule has 2 rings (SSSR count). The van der Waals surface area contributed by atoms with E-state index in [2.05, 4.69) is 56.8 Å². The second-order valence-corrected chi connectivity index (χ2v) is 8.22. The molecular formula is C27H36O3. The predicted octanol–water partition coefficient (Wildman–Crippen LogP) is 5.71. The van der Waals surface area contributed by atoms with Crippen LogP contribution in [-0.2, 0) is 28.8 Å². The average Bonchev–Trinajstić information content (AvgIpc) is 2.74. The Hall–Kier alpha value is -2.39. The lowest BCUT2D eigenvalue weighted by Crippen LogP contribution is -2.16. The lowest BCUT2D eigenvalue weighted by molar-refractivity contribution is -0.139. The van der Waals surface area contributed by atoms with Gasteiger partial charge in [-0.05, 0) is 67.3 Å². The van der Waals surface area contributed by atoms with Crippen molar-refractivity contribution < 1.29 is 14.6 Å². The fourth-order valence-electron chi connectivity index (χ4n) is 3.54. The molecule has 0 saturated carbocycles. The standard InChI is InChI=1S/C27H36O3/c1-5-6-7-8-22-9-11-23(12-10-22)13-14-24-15-16-25(17-21(24)4)26(18-28)19-30-27(29)20(2)3/h9-12,15-17,26,28H,2,5-8,13-14,18-19H2,1,3-4H3. The van der Waals surface area contributed by atoms with Gasteiger partial charge in [0, 0.05) is 11.5 Å². The van der Waals surface area contributed by atoms with E-state index in [1.807, 2.05) is 6.07 Å². The largest absolute Gasteiger partial charge is 0.462 e. The summed E-state index contributed by atoms with van der Waals surface area (Å²) in [4.78, 5) is 11.6. The van der Waals surface area contributed by atoms with E-state index in [9.17, 15) is 9.90 Å². The molecule has 0 aromatic heterocycles. The Morgan fingerprint density at radius 1 is 1.03 bits per heavy atom. The summed E-state index contributed by atoms with van der Waals surface area (Å²) in [7, 11) is 0. The van der Waals surface area contributed by atoms with Crippen LogP contribution in [0.15, 0.2) is 54.6 Å². The molecule has 0 aliphatic rings. The van der Waals surface area contributed by atoms with Gasteiger partial charge in [0.1, 0.15) is 6.61 Å². The van der Waals surface area contributed by atoms with Gasteiger partial charge in [-0.3, -0.25) is 0 Å². The number of aliphatic hydroxyl groups is 1. The number of rotatable bonds is 12. The van der Waals surface area contributed by atoms with Gasteiger partial charge in [-0.15, -0.1) is 0 Å². The summed E-state index contributed by atoms with van der Waals surface area (Å²) in [5.74, 6) is -0.639. The fourth-order valence-corrected chi connectivity index (χ4v) is 3.54. The third-order valence-electron chi connectivity index (χ3n) is 5.60. The monoisotopic (exact) mass is 408 g/mol. The molecule has 2 aromatic carbocycles. The lowest BCUT2D eigenvalue weighted by Gasteiger charge is -2.17. The molecule has 0 amide bonds. The van der Waals surface area contributed by atoms with Gasteiger partial charge in [0.05, 0.1) is 6.61 Å². The Bertz CT molecular complexity index is 821. The molecule has 1 N–H and O–H groups in total. The van der Waals surface area contributed by atoms with E-state index in [0.717, 1.165) is 18.4 Å². The van der Waals surface area contributed by atoms with Gasteiger partial charge < -0.3 is 9.84 Å². The number of unbranched alkanes of at least 4 members (excludes halogenated alkanes) is 2. The van der Waals surface area contributed by atoms with Crippen LogP contribution in [0.2, 0.25) is 0 Å². The summed E-state index contributed by atoms with van der Waals surface area (Å²) in [5.41, 5.74) is 6.65. The predicted molar refractivity (Wildman–Crippen MR) is 124 cm³/mol. The highest BCUT2D eigenvalue weighted by molar-refractivity contribution is 5.86. The molecule has 0 spiro atoms. The average molecular weight is 409 g/mol. The summed E-state index contributed by atoms with van der Waals surface area (Å²) in [6.07, 6.45) is 6.98. The topological polar surface area (TPSA) is 46.5 Å². The number of aliphatic hydroxyl groups excluding tert-OH is 1. The van der Waals surface area contributed by atoms with Crippen LogP contribution in [0, 0.1) is 6.92 Å². The number of carbonyl (C=O) groups is 1. The van der Waals surface area contributed by atoms with Crippen LogP contribution < -0.4 is 0 Å². The van der Waals surface area contributed by atoms with Gasteiger partial charge in [-0.1, -0.05) is 68.8 Å². The summed E-state index contributed by atoms with van der Waals surface area (Å²) >= 11 is 0. The molecule has 30 heavy (non-hydrogen) atoms. The minimum Gasteiger partial charge on any atom is -0.462 e. The smallest absolute Gasteiger partial charge is 0.333 e. The SMILES string of the molecule is C=C(C)C(=O)OCC(CO)c1ccc(CCc2ccc(CCCCC)cc2)c(C)c1. The van der Waals surface area contributed by atoms with E-state index in [-0.39, 0.29) is 19.1 Å². The second kappa shape index (κ2) is 12.3. The van der Waals surface area contributed by atoms with Crippen LogP contribution in [-0.4, -0.2) is 24.3 Å². The third kappa shape index (κ3) is 7.46. The first-order chi connectivity index (χ1) is 14.4. The first-order valence-electron chi connectivity index (χ1n) is 11.0. The molecule has 0 aliphatic heterocycles. The normalized spacial score (nSPS) is 11.9. The van der Waals surface area contributed by atoms with Crippen molar-refractivity contribution >= 4 is 5.97 Å². The van der Waals surface area contributed by atoms with Crippen molar-refractivity contribution in [3.05, 3.63) is 82.4 Å². The number of aryl methyl sites for hydroxylation is 4. The van der Waals surface area contributed by atoms with Crippen molar-refractivity contribution in [2.45, 2.75) is 65.2 Å². The maximum Gasteiger partial charge on any atom is 0.333 e. The van der Waals surface area contributed by atoms with Crippen LogP contribution in [0.5, 0.6) is 0 Å². The molecule has 0 fully saturated rings. The number of hydrogen-bond acceptors (Lipinski definition) is 3. The zero-order valence-electron chi connectivity index (χ0n) is 18.7. The van der Waals surface area contributed by atoms with Gasteiger partial charge in [0.15, 0.2) is 0 Å².